The maximum absolute atomic E-state index is 13.2. The van der Waals surface area contributed by atoms with Crippen LogP contribution in [0.1, 0.15) is 15.9 Å². The smallest absolute Gasteiger partial charge is 0.195 e. The molecule has 0 aliphatic rings. The van der Waals surface area contributed by atoms with Gasteiger partial charge in [0.05, 0.1) is 24.1 Å². The van der Waals surface area contributed by atoms with E-state index in [0.29, 0.717) is 11.1 Å². The zero-order valence-electron chi connectivity index (χ0n) is 13.7. The lowest BCUT2D eigenvalue weighted by atomic mass is 9.99. The Labute approximate surface area is 145 Å². The van der Waals surface area contributed by atoms with E-state index in [4.69, 9.17) is 4.74 Å². The van der Waals surface area contributed by atoms with E-state index in [1.807, 2.05) is 42.5 Å². The number of rotatable bonds is 4. The van der Waals surface area contributed by atoms with Crippen molar-refractivity contribution in [2.24, 2.45) is 0 Å². The number of carbonyl (C=O) groups excluding carboxylic acids is 1. The van der Waals surface area contributed by atoms with Crippen LogP contribution in [0, 0.1) is 0 Å². The fraction of sp³-hybridized carbons (Fsp3) is 0.0476. The van der Waals surface area contributed by atoms with E-state index >= 15 is 0 Å². The van der Waals surface area contributed by atoms with Crippen LogP contribution in [-0.4, -0.2) is 22.9 Å². The van der Waals surface area contributed by atoms with Gasteiger partial charge in [-0.15, -0.1) is 0 Å². The molecule has 2 heterocycles. The fourth-order valence-corrected chi connectivity index (χ4v) is 2.97. The van der Waals surface area contributed by atoms with Crippen molar-refractivity contribution in [3.8, 4) is 17.1 Å². The van der Waals surface area contributed by atoms with Crippen LogP contribution < -0.4 is 4.74 Å². The van der Waals surface area contributed by atoms with Gasteiger partial charge in [-0.25, -0.2) is 0 Å². The maximum atomic E-state index is 13.2. The summed E-state index contributed by atoms with van der Waals surface area (Å²) in [5.74, 6) is 0.682. The fourth-order valence-electron chi connectivity index (χ4n) is 2.97. The number of aromatic amines is 1. The molecular formula is C21H16N2O2. The van der Waals surface area contributed by atoms with Gasteiger partial charge < -0.3 is 9.72 Å². The molecule has 4 heteroatoms. The lowest BCUT2D eigenvalue weighted by Crippen LogP contribution is -2.03. The van der Waals surface area contributed by atoms with Gasteiger partial charge in [0.1, 0.15) is 5.75 Å². The van der Waals surface area contributed by atoms with Crippen LogP contribution >= 0.6 is 0 Å². The highest BCUT2D eigenvalue weighted by molar-refractivity contribution is 6.20. The highest BCUT2D eigenvalue weighted by Crippen LogP contribution is 2.31. The van der Waals surface area contributed by atoms with E-state index in [0.717, 1.165) is 28.0 Å². The van der Waals surface area contributed by atoms with Crippen LogP contribution in [0.5, 0.6) is 5.75 Å². The third-order valence-corrected chi connectivity index (χ3v) is 4.21. The number of hydrogen-bond acceptors (Lipinski definition) is 3. The molecule has 0 bridgehead atoms. The second kappa shape index (κ2) is 6.24. The van der Waals surface area contributed by atoms with Gasteiger partial charge in [0.2, 0.25) is 0 Å². The van der Waals surface area contributed by atoms with Gasteiger partial charge in [0.25, 0.3) is 0 Å². The number of benzene rings is 2. The molecule has 0 spiro atoms. The topological polar surface area (TPSA) is 55.0 Å². The monoisotopic (exact) mass is 328 g/mol. The quantitative estimate of drug-likeness (QED) is 0.562. The van der Waals surface area contributed by atoms with E-state index in [-0.39, 0.29) is 5.78 Å². The minimum absolute atomic E-state index is 0.0410. The van der Waals surface area contributed by atoms with E-state index < -0.39 is 0 Å². The average Bonchev–Trinajstić information content (AvgIpc) is 3.08. The van der Waals surface area contributed by atoms with Crippen LogP contribution in [-0.2, 0) is 0 Å². The summed E-state index contributed by atoms with van der Waals surface area (Å²) < 4.78 is 5.18. The third kappa shape index (κ3) is 2.68. The Kier molecular flexibility index (Phi) is 3.78. The molecule has 4 aromatic rings. The van der Waals surface area contributed by atoms with Gasteiger partial charge in [-0.05, 0) is 42.5 Å². The number of pyridine rings is 1. The van der Waals surface area contributed by atoms with Crippen molar-refractivity contribution in [2.45, 2.75) is 0 Å². The lowest BCUT2D eigenvalue weighted by molar-refractivity contribution is 0.104. The number of aromatic nitrogens is 2. The lowest BCUT2D eigenvalue weighted by Gasteiger charge is -2.05. The zero-order chi connectivity index (χ0) is 17.2. The Balaban J connectivity index is 1.91. The zero-order valence-corrected chi connectivity index (χ0v) is 13.7. The summed E-state index contributed by atoms with van der Waals surface area (Å²) in [4.78, 5) is 21.0. The number of para-hydroxylation sites is 1. The Hall–Kier alpha value is -3.40. The van der Waals surface area contributed by atoms with Gasteiger partial charge in [0.15, 0.2) is 5.78 Å². The largest absolute Gasteiger partial charge is 0.497 e. The molecule has 0 aliphatic heterocycles. The first-order valence-electron chi connectivity index (χ1n) is 7.99. The first-order chi connectivity index (χ1) is 12.3. The molecule has 2 aromatic carbocycles. The molecule has 0 amide bonds. The molecule has 25 heavy (non-hydrogen) atoms. The van der Waals surface area contributed by atoms with Crippen molar-refractivity contribution >= 4 is 16.7 Å². The second-order valence-electron chi connectivity index (χ2n) is 5.69. The predicted molar refractivity (Wildman–Crippen MR) is 98.0 cm³/mol. The highest BCUT2D eigenvalue weighted by Gasteiger charge is 2.21. The van der Waals surface area contributed by atoms with Crippen molar-refractivity contribution < 1.29 is 9.53 Å². The Morgan fingerprint density at radius 2 is 1.72 bits per heavy atom. The van der Waals surface area contributed by atoms with Crippen molar-refractivity contribution in [3.63, 3.8) is 0 Å². The van der Waals surface area contributed by atoms with E-state index in [2.05, 4.69) is 9.97 Å². The van der Waals surface area contributed by atoms with E-state index in [1.165, 1.54) is 0 Å². The summed E-state index contributed by atoms with van der Waals surface area (Å²) in [5, 5.41) is 0.893. The molecule has 0 saturated heterocycles. The third-order valence-electron chi connectivity index (χ3n) is 4.21. The summed E-state index contributed by atoms with van der Waals surface area (Å²) in [6.45, 7) is 0. The Morgan fingerprint density at radius 1 is 0.960 bits per heavy atom. The molecule has 2 aromatic heterocycles. The number of H-pyrrole nitrogens is 1. The van der Waals surface area contributed by atoms with Crippen LogP contribution in [0.15, 0.2) is 72.9 Å². The van der Waals surface area contributed by atoms with Crippen LogP contribution in [0.4, 0.5) is 0 Å². The number of ketones is 1. The molecule has 0 saturated carbocycles. The van der Waals surface area contributed by atoms with Crippen molar-refractivity contribution in [1.82, 2.24) is 9.97 Å². The molecule has 0 unspecified atom stereocenters. The van der Waals surface area contributed by atoms with Gasteiger partial charge in [-0.3, -0.25) is 9.78 Å². The average molecular weight is 328 g/mol. The van der Waals surface area contributed by atoms with Crippen LogP contribution in [0.2, 0.25) is 0 Å². The normalized spacial score (nSPS) is 10.8. The van der Waals surface area contributed by atoms with Crippen LogP contribution in [0.3, 0.4) is 0 Å². The molecule has 1 N–H and O–H groups in total. The minimum atomic E-state index is -0.0410. The Bertz CT molecular complexity index is 1030. The first-order valence-corrected chi connectivity index (χ1v) is 7.99. The van der Waals surface area contributed by atoms with Gasteiger partial charge in [0, 0.05) is 22.7 Å². The molecular weight excluding hydrogens is 312 g/mol. The number of nitrogens with zero attached hydrogens (tertiary/aromatic N) is 1. The standard InChI is InChI=1S/C21H16N2O2/c1-25-15-11-9-14(10-12-15)21(24)19-16-6-2-3-7-17(16)23-20(19)18-8-4-5-13-22-18/h2-13,23H,1H3. The number of fused-ring (bicyclic) bond motifs is 1. The summed E-state index contributed by atoms with van der Waals surface area (Å²) in [6.07, 6.45) is 1.72. The summed E-state index contributed by atoms with van der Waals surface area (Å²) in [7, 11) is 1.61. The van der Waals surface area contributed by atoms with Crippen LogP contribution in [0.25, 0.3) is 22.3 Å². The number of nitrogens with one attached hydrogen (secondary N) is 1. The number of methoxy groups -OCH3 is 1. The second-order valence-corrected chi connectivity index (χ2v) is 5.69. The number of carbonyl (C=O) groups is 1. The van der Waals surface area contributed by atoms with E-state index in [9.17, 15) is 4.79 Å². The summed E-state index contributed by atoms with van der Waals surface area (Å²) in [5.41, 5.74) is 3.65. The molecule has 0 fully saturated rings. The van der Waals surface area contributed by atoms with Gasteiger partial charge in [-0.1, -0.05) is 24.3 Å². The number of ether oxygens (including phenoxy) is 1. The van der Waals surface area contributed by atoms with Gasteiger partial charge >= 0.3 is 0 Å². The number of hydrogen-bond donors (Lipinski definition) is 1. The van der Waals surface area contributed by atoms with Crippen molar-refractivity contribution in [1.29, 1.82) is 0 Å². The molecule has 122 valence electrons. The van der Waals surface area contributed by atoms with Gasteiger partial charge in [-0.2, -0.15) is 0 Å². The van der Waals surface area contributed by atoms with E-state index in [1.54, 1.807) is 37.6 Å². The molecule has 4 rings (SSSR count). The Morgan fingerprint density at radius 3 is 2.44 bits per heavy atom. The van der Waals surface area contributed by atoms with Crippen molar-refractivity contribution in [3.05, 3.63) is 84.1 Å². The first kappa shape index (κ1) is 15.1. The molecule has 0 atom stereocenters. The predicted octanol–water partition coefficient (Wildman–Crippen LogP) is 4.47. The maximum Gasteiger partial charge on any atom is 0.195 e. The minimum Gasteiger partial charge on any atom is -0.497 e. The molecule has 0 aliphatic carbocycles. The SMILES string of the molecule is COc1ccc(C(=O)c2c(-c3ccccn3)[nH]c3ccccc23)cc1. The molecule has 4 nitrogen and oxygen atoms in total. The van der Waals surface area contributed by atoms with Crippen molar-refractivity contribution in [2.75, 3.05) is 7.11 Å². The summed E-state index contributed by atoms with van der Waals surface area (Å²) in [6, 6.07) is 20.6. The summed E-state index contributed by atoms with van der Waals surface area (Å²) >= 11 is 0. The molecule has 0 radical (unpaired) electrons. The highest BCUT2D eigenvalue weighted by atomic mass is 16.5.